The van der Waals surface area contributed by atoms with E-state index in [9.17, 15) is 0 Å². The van der Waals surface area contributed by atoms with Crippen molar-refractivity contribution in [3.05, 3.63) is 121 Å². The van der Waals surface area contributed by atoms with Crippen LogP contribution in [0.25, 0.3) is 22.3 Å². The van der Waals surface area contributed by atoms with Crippen LogP contribution in [0.4, 0.5) is 0 Å². The van der Waals surface area contributed by atoms with E-state index >= 15 is 0 Å². The fraction of sp³-hybridized carbons (Fsp3) is 0. The first kappa shape index (κ1) is 43.6. The molecule has 0 saturated heterocycles. The summed E-state index contributed by atoms with van der Waals surface area (Å²) in [5.41, 5.74) is 5.10. The van der Waals surface area contributed by atoms with Crippen LogP contribution < -0.4 is 24.9 Å². The van der Waals surface area contributed by atoms with E-state index in [2.05, 4.69) is 97.1 Å². The first-order chi connectivity index (χ1) is 17.9. The molecule has 0 bridgehead atoms. The van der Waals surface area contributed by atoms with Crippen molar-refractivity contribution in [2.75, 3.05) is 0 Å². The Hall–Kier alpha value is -1.90. The predicted molar refractivity (Wildman–Crippen MR) is 108 cm³/mol. The van der Waals surface area contributed by atoms with Gasteiger partial charge >= 0.3 is 123 Å². The Morgan fingerprint density at radius 1 is 0.293 bits per heavy atom. The molecule has 0 unspecified atom stereocenters. The van der Waals surface area contributed by atoms with E-state index in [-0.39, 0.29) is 34.7 Å². The quantitative estimate of drug-likeness (QED) is 0.235. The number of hydrogen-bond acceptors (Lipinski definition) is 12. The SMILES string of the molecule is [Cr+3].[Cr+3].[O]=[Cr](=[O])([O-])[O-].[O]=[Cr](=[O])([O-])[O-].[O]=[Cr](=[O])([O-])[O-].c1ccc(-c2ccccc2)cc1.c1ccc(-c2ccccc2)cc1. The molecule has 4 aromatic rings. The van der Waals surface area contributed by atoms with Crippen molar-refractivity contribution in [2.45, 2.75) is 0 Å². The van der Waals surface area contributed by atoms with Crippen LogP contribution in [0.5, 0.6) is 0 Å². The van der Waals surface area contributed by atoms with Gasteiger partial charge in [-0.05, 0) is 22.3 Å². The summed E-state index contributed by atoms with van der Waals surface area (Å²) >= 11 is -17.2. The van der Waals surface area contributed by atoms with Gasteiger partial charge in [0, 0.05) is 0 Å². The van der Waals surface area contributed by atoms with Crippen LogP contribution in [0.15, 0.2) is 121 Å². The second kappa shape index (κ2) is 22.7. The Kier molecular flexibility index (Phi) is 24.1. The fourth-order valence-electron chi connectivity index (χ4n) is 2.52. The molecule has 2 radical (unpaired) electrons. The van der Waals surface area contributed by atoms with E-state index in [0.29, 0.717) is 0 Å². The molecule has 41 heavy (non-hydrogen) atoms. The zero-order valence-electron chi connectivity index (χ0n) is 20.5. The average Bonchev–Trinajstić information content (AvgIpc) is 2.84. The molecule has 0 aromatic heterocycles. The first-order valence-electron chi connectivity index (χ1n) is 10.1. The second-order valence-corrected chi connectivity index (χ2v) is 10.5. The van der Waals surface area contributed by atoms with Gasteiger partial charge in [-0.3, -0.25) is 0 Å². The summed E-state index contributed by atoms with van der Waals surface area (Å²) < 4.78 is 103. The summed E-state index contributed by atoms with van der Waals surface area (Å²) in [7, 11) is 0. The molecule has 0 aliphatic rings. The Labute approximate surface area is 265 Å². The van der Waals surface area contributed by atoms with E-state index in [0.717, 1.165) is 0 Å². The second-order valence-electron chi connectivity index (χ2n) is 6.69. The molecule has 12 nitrogen and oxygen atoms in total. The molecule has 0 fully saturated rings. The molecule has 0 aliphatic heterocycles. The van der Waals surface area contributed by atoms with Crippen LogP contribution in [-0.2, 0) is 98.4 Å². The molecule has 0 saturated carbocycles. The summed E-state index contributed by atoms with van der Waals surface area (Å²) in [5, 5.41) is 0. The molecule has 0 aliphatic carbocycles. The Morgan fingerprint density at radius 2 is 0.390 bits per heavy atom. The van der Waals surface area contributed by atoms with Crippen molar-refractivity contribution >= 4 is 0 Å². The smallest absolute Gasteiger partial charge is 0.0184 e. The molecule has 0 N–H and O–H groups in total. The van der Waals surface area contributed by atoms with E-state index in [4.69, 9.17) is 47.8 Å². The minimum atomic E-state index is -5.75. The zero-order valence-corrected chi connectivity index (χ0v) is 26.9. The third-order valence-corrected chi connectivity index (χ3v) is 3.76. The zero-order chi connectivity index (χ0) is 30.0. The van der Waals surface area contributed by atoms with Crippen molar-refractivity contribution in [1.29, 1.82) is 0 Å². The van der Waals surface area contributed by atoms with Crippen molar-refractivity contribution in [3.63, 3.8) is 0 Å². The molecular weight excluding hydrogens is 740 g/mol. The average molecular weight is 760 g/mol. The van der Waals surface area contributed by atoms with Gasteiger partial charge in [0.2, 0.25) is 0 Å². The summed E-state index contributed by atoms with van der Waals surface area (Å²) in [6.45, 7) is 0. The summed E-state index contributed by atoms with van der Waals surface area (Å²) in [4.78, 5) is 0. The van der Waals surface area contributed by atoms with Gasteiger partial charge in [-0.2, -0.15) is 0 Å². The van der Waals surface area contributed by atoms with Crippen LogP contribution in [0.2, 0.25) is 0 Å². The molecule has 0 amide bonds. The summed E-state index contributed by atoms with van der Waals surface area (Å²) in [6, 6.07) is 41.6. The van der Waals surface area contributed by atoms with Crippen molar-refractivity contribution in [2.24, 2.45) is 0 Å². The maximum absolute atomic E-state index is 8.59. The summed E-state index contributed by atoms with van der Waals surface area (Å²) in [5.74, 6) is 0. The van der Waals surface area contributed by atoms with Gasteiger partial charge in [-0.15, -0.1) is 0 Å². The van der Waals surface area contributed by atoms with Gasteiger partial charge in [-0.1, -0.05) is 121 Å². The van der Waals surface area contributed by atoms with Crippen LogP contribution in [-0.4, -0.2) is 0 Å². The molecule has 17 heteroatoms. The minimum Gasteiger partial charge on any atom is -0.0622 e. The van der Waals surface area contributed by atoms with E-state index in [1.807, 2.05) is 24.3 Å². The molecule has 0 spiro atoms. The normalized spacial score (nSPS) is 9.90. The molecule has 0 atom stereocenters. The molecular formula is C24H20Cr5O12. The van der Waals surface area contributed by atoms with Crippen LogP contribution >= 0.6 is 0 Å². The van der Waals surface area contributed by atoms with Crippen LogP contribution in [0.1, 0.15) is 0 Å². The van der Waals surface area contributed by atoms with Gasteiger partial charge in [0.1, 0.15) is 0 Å². The Balaban J connectivity index is -0.000000467. The van der Waals surface area contributed by atoms with Gasteiger partial charge in [0.15, 0.2) is 0 Å². The van der Waals surface area contributed by atoms with Crippen molar-refractivity contribution < 1.29 is 123 Å². The van der Waals surface area contributed by atoms with Gasteiger partial charge < -0.3 is 0 Å². The Morgan fingerprint density at radius 3 is 0.488 bits per heavy atom. The first-order valence-corrected chi connectivity index (χ1v) is 16.4. The van der Waals surface area contributed by atoms with Crippen molar-refractivity contribution in [3.8, 4) is 22.3 Å². The number of rotatable bonds is 2. The van der Waals surface area contributed by atoms with E-state index in [1.165, 1.54) is 22.3 Å². The fourth-order valence-corrected chi connectivity index (χ4v) is 2.52. The maximum Gasteiger partial charge on any atom is -0.0184 e. The van der Waals surface area contributed by atoms with E-state index < -0.39 is 40.8 Å². The van der Waals surface area contributed by atoms with Gasteiger partial charge in [0.05, 0.1) is 0 Å². The molecule has 218 valence electrons. The third-order valence-electron chi connectivity index (χ3n) is 3.76. The maximum atomic E-state index is 8.59. The predicted octanol–water partition coefficient (Wildman–Crippen LogP) is -1.15. The van der Waals surface area contributed by atoms with Crippen LogP contribution in [0.3, 0.4) is 0 Å². The minimum absolute atomic E-state index is 0. The van der Waals surface area contributed by atoms with E-state index in [1.54, 1.807) is 0 Å². The number of hydrogen-bond donors (Lipinski definition) is 0. The van der Waals surface area contributed by atoms with Crippen molar-refractivity contribution in [1.82, 2.24) is 0 Å². The monoisotopic (exact) mass is 760 g/mol. The van der Waals surface area contributed by atoms with Crippen LogP contribution in [0, 0.1) is 0 Å². The third kappa shape index (κ3) is 34.2. The standard InChI is InChI=1S/2C12H10.5Cr.12O/c2*1-3-7-11(8-4-1)12-9-5-2-6-10-12;;;;;;;;;;;;;;;;;/h2*1-10H;;;;;;;;;;;;;;;;;/q;;;;;2*+3;;;;;;;6*-1. The molecule has 4 aromatic carbocycles. The number of benzene rings is 4. The molecule has 4 rings (SSSR count). The Bertz CT molecular complexity index is 1270. The summed E-state index contributed by atoms with van der Waals surface area (Å²) in [6.07, 6.45) is 0. The molecule has 0 heterocycles. The topological polar surface area (TPSA) is 241 Å². The largest absolute Gasteiger partial charge is 0.0622 e. The van der Waals surface area contributed by atoms with Gasteiger partial charge in [-0.25, -0.2) is 0 Å². The van der Waals surface area contributed by atoms with Gasteiger partial charge in [0.25, 0.3) is 0 Å².